The maximum absolute atomic E-state index is 12.8. The highest BCUT2D eigenvalue weighted by Gasteiger charge is 2.26. The van der Waals surface area contributed by atoms with Gasteiger partial charge in [0, 0.05) is 11.5 Å². The van der Waals surface area contributed by atoms with Crippen molar-refractivity contribution >= 4 is 5.78 Å². The molecule has 2 heteroatoms. The lowest BCUT2D eigenvalue weighted by molar-refractivity contribution is 0.0957. The number of methoxy groups -OCH3 is 1. The minimum absolute atomic E-state index is 0.00848. The Morgan fingerprint density at radius 2 is 1.90 bits per heavy atom. The smallest absolute Gasteiger partial charge is 0.170 e. The number of hydrogen-bond acceptors (Lipinski definition) is 2. The number of carbonyl (C=O) groups excluding carboxylic acids is 1. The first-order valence-electron chi connectivity index (χ1n) is 7.05. The van der Waals surface area contributed by atoms with Crippen molar-refractivity contribution in [3.05, 3.63) is 65.2 Å². The molecule has 0 fully saturated rings. The second kappa shape index (κ2) is 5.49. The average Bonchev–Trinajstić information content (AvgIpc) is 2.67. The summed E-state index contributed by atoms with van der Waals surface area (Å²) in [5.41, 5.74) is 3.10. The van der Waals surface area contributed by atoms with Crippen LogP contribution in [0.15, 0.2) is 48.5 Å². The van der Waals surface area contributed by atoms with Crippen LogP contribution < -0.4 is 4.74 Å². The van der Waals surface area contributed by atoms with Gasteiger partial charge in [-0.05, 0) is 48.6 Å². The molecule has 1 atom stereocenters. The lowest BCUT2D eigenvalue weighted by Crippen LogP contribution is -2.12. The quantitative estimate of drug-likeness (QED) is 0.768. The average molecular weight is 266 g/mol. The van der Waals surface area contributed by atoms with Crippen molar-refractivity contribution in [2.45, 2.75) is 25.2 Å². The number of ketones is 1. The fourth-order valence-corrected chi connectivity index (χ4v) is 2.96. The van der Waals surface area contributed by atoms with Crippen molar-refractivity contribution in [1.29, 1.82) is 0 Å². The third kappa shape index (κ3) is 2.34. The molecule has 2 aromatic rings. The third-order valence-corrected chi connectivity index (χ3v) is 4.04. The van der Waals surface area contributed by atoms with Gasteiger partial charge in [0.05, 0.1) is 7.11 Å². The van der Waals surface area contributed by atoms with Gasteiger partial charge in [0.2, 0.25) is 0 Å². The van der Waals surface area contributed by atoms with E-state index < -0.39 is 0 Å². The van der Waals surface area contributed by atoms with Crippen molar-refractivity contribution in [3.8, 4) is 5.75 Å². The minimum Gasteiger partial charge on any atom is -0.497 e. The molecular weight excluding hydrogens is 248 g/mol. The molecule has 102 valence electrons. The van der Waals surface area contributed by atoms with Crippen molar-refractivity contribution in [3.63, 3.8) is 0 Å². The van der Waals surface area contributed by atoms with Gasteiger partial charge in [0.25, 0.3) is 0 Å². The van der Waals surface area contributed by atoms with E-state index in [-0.39, 0.29) is 11.7 Å². The number of benzene rings is 2. The number of ether oxygens (including phenoxy) is 1. The van der Waals surface area contributed by atoms with Gasteiger partial charge in [0.1, 0.15) is 5.75 Å². The van der Waals surface area contributed by atoms with E-state index in [0.717, 1.165) is 41.7 Å². The van der Waals surface area contributed by atoms with Gasteiger partial charge in [-0.3, -0.25) is 4.79 Å². The number of rotatable bonds is 2. The van der Waals surface area contributed by atoms with Gasteiger partial charge in [-0.1, -0.05) is 30.3 Å². The molecule has 2 nitrogen and oxygen atoms in total. The molecule has 20 heavy (non-hydrogen) atoms. The molecule has 0 N–H and O–H groups in total. The predicted molar refractivity (Wildman–Crippen MR) is 79.4 cm³/mol. The van der Waals surface area contributed by atoms with Gasteiger partial charge in [-0.15, -0.1) is 0 Å². The van der Waals surface area contributed by atoms with E-state index in [1.807, 2.05) is 36.4 Å². The van der Waals surface area contributed by atoms with Crippen LogP contribution in [0, 0.1) is 0 Å². The molecule has 0 radical (unpaired) electrons. The zero-order valence-electron chi connectivity index (χ0n) is 11.6. The summed E-state index contributed by atoms with van der Waals surface area (Å²) in [6.45, 7) is 0. The van der Waals surface area contributed by atoms with E-state index in [4.69, 9.17) is 4.74 Å². The van der Waals surface area contributed by atoms with Gasteiger partial charge < -0.3 is 4.74 Å². The monoisotopic (exact) mass is 266 g/mol. The van der Waals surface area contributed by atoms with Crippen LogP contribution in [0.2, 0.25) is 0 Å². The van der Waals surface area contributed by atoms with Gasteiger partial charge >= 0.3 is 0 Å². The molecule has 3 rings (SSSR count). The first kappa shape index (κ1) is 12.9. The molecule has 0 aromatic heterocycles. The lowest BCUT2D eigenvalue weighted by atomic mass is 9.89. The van der Waals surface area contributed by atoms with Crippen LogP contribution >= 0.6 is 0 Å². The molecule has 0 saturated carbocycles. The summed E-state index contributed by atoms with van der Waals surface area (Å²) in [4.78, 5) is 12.8. The summed E-state index contributed by atoms with van der Waals surface area (Å²) in [7, 11) is 1.66. The zero-order valence-corrected chi connectivity index (χ0v) is 11.6. The molecular formula is C18H18O2. The van der Waals surface area contributed by atoms with E-state index in [1.54, 1.807) is 7.11 Å². The Morgan fingerprint density at radius 1 is 1.10 bits per heavy atom. The Hall–Kier alpha value is -2.09. The molecule has 1 unspecified atom stereocenters. The Kier molecular flexibility index (Phi) is 3.55. The van der Waals surface area contributed by atoms with Crippen molar-refractivity contribution in [2.24, 2.45) is 0 Å². The van der Waals surface area contributed by atoms with Crippen LogP contribution in [0.3, 0.4) is 0 Å². The zero-order chi connectivity index (χ0) is 13.9. The fourth-order valence-electron chi connectivity index (χ4n) is 2.96. The molecule has 1 aliphatic carbocycles. The number of fused-ring (bicyclic) bond motifs is 1. The highest BCUT2D eigenvalue weighted by atomic mass is 16.5. The first-order chi connectivity index (χ1) is 9.79. The molecule has 0 spiro atoms. The maximum atomic E-state index is 12.8. The maximum Gasteiger partial charge on any atom is 0.170 e. The van der Waals surface area contributed by atoms with Crippen LogP contribution in [0.25, 0.3) is 0 Å². The minimum atomic E-state index is -0.00848. The Morgan fingerprint density at radius 3 is 2.65 bits per heavy atom. The van der Waals surface area contributed by atoms with Gasteiger partial charge in [-0.25, -0.2) is 0 Å². The lowest BCUT2D eigenvalue weighted by Gasteiger charge is -2.14. The summed E-state index contributed by atoms with van der Waals surface area (Å²) in [6.07, 6.45) is 2.90. The summed E-state index contributed by atoms with van der Waals surface area (Å²) < 4.78 is 5.26. The summed E-state index contributed by atoms with van der Waals surface area (Å²) in [6, 6.07) is 15.9. The Labute approximate surface area is 119 Å². The van der Waals surface area contributed by atoms with E-state index in [1.165, 1.54) is 0 Å². The highest BCUT2D eigenvalue weighted by Crippen LogP contribution is 2.33. The van der Waals surface area contributed by atoms with E-state index in [0.29, 0.717) is 0 Å². The molecule has 1 aliphatic rings. The van der Waals surface area contributed by atoms with Crippen LogP contribution in [-0.2, 0) is 6.42 Å². The van der Waals surface area contributed by atoms with Crippen LogP contribution in [-0.4, -0.2) is 12.9 Å². The third-order valence-electron chi connectivity index (χ3n) is 4.04. The normalized spacial score (nSPS) is 18.2. The van der Waals surface area contributed by atoms with E-state index in [9.17, 15) is 4.79 Å². The van der Waals surface area contributed by atoms with Crippen LogP contribution in [0.4, 0.5) is 0 Å². The van der Waals surface area contributed by atoms with Gasteiger partial charge in [0.15, 0.2) is 5.78 Å². The summed E-state index contributed by atoms with van der Waals surface area (Å²) in [5.74, 6) is 1.06. The molecule has 2 aromatic carbocycles. The highest BCUT2D eigenvalue weighted by molar-refractivity contribution is 6.02. The first-order valence-corrected chi connectivity index (χ1v) is 7.05. The van der Waals surface area contributed by atoms with E-state index in [2.05, 4.69) is 12.1 Å². The van der Waals surface area contributed by atoms with Crippen molar-refractivity contribution < 1.29 is 9.53 Å². The summed E-state index contributed by atoms with van der Waals surface area (Å²) in [5, 5.41) is 0. The predicted octanol–water partition coefficient (Wildman–Crippen LogP) is 4.00. The summed E-state index contributed by atoms with van der Waals surface area (Å²) >= 11 is 0. The fraction of sp³-hybridized carbons (Fsp3) is 0.278. The molecule has 0 bridgehead atoms. The number of Topliss-reactive ketones (excluding diaryl/α,β-unsaturated/α-hetero) is 1. The number of carbonyl (C=O) groups is 1. The Balaban J connectivity index is 2.00. The largest absolute Gasteiger partial charge is 0.497 e. The molecule has 0 heterocycles. The van der Waals surface area contributed by atoms with Crippen LogP contribution in [0.1, 0.15) is 40.2 Å². The van der Waals surface area contributed by atoms with E-state index >= 15 is 0 Å². The van der Waals surface area contributed by atoms with Crippen molar-refractivity contribution in [1.82, 2.24) is 0 Å². The molecule has 0 amide bonds. The van der Waals surface area contributed by atoms with Crippen molar-refractivity contribution in [2.75, 3.05) is 7.11 Å². The Bertz CT molecular complexity index is 617. The number of hydrogen-bond donors (Lipinski definition) is 0. The SMILES string of the molecule is COc1ccc2c(c1)CCCC(c1ccccc1)C2=O. The second-order valence-corrected chi connectivity index (χ2v) is 5.24. The molecule has 0 saturated heterocycles. The standard InChI is InChI=1S/C18H18O2/c1-20-15-10-11-17-14(12-15)8-5-9-16(18(17)19)13-6-3-2-4-7-13/h2-4,6-7,10-12,16H,5,8-9H2,1H3. The topological polar surface area (TPSA) is 26.3 Å². The second-order valence-electron chi connectivity index (χ2n) is 5.24. The van der Waals surface area contributed by atoms with Gasteiger partial charge in [-0.2, -0.15) is 0 Å². The number of aryl methyl sites for hydroxylation is 1. The molecule has 0 aliphatic heterocycles. The van der Waals surface area contributed by atoms with Crippen LogP contribution in [0.5, 0.6) is 5.75 Å².